The Bertz CT molecular complexity index is 750. The molecule has 0 unspecified atom stereocenters. The lowest BCUT2D eigenvalue weighted by molar-refractivity contribution is 0.565. The van der Waals surface area contributed by atoms with Gasteiger partial charge in [0.05, 0.1) is 5.69 Å². The van der Waals surface area contributed by atoms with E-state index < -0.39 is 20.7 Å². The molecule has 0 atom stereocenters. The first-order valence-electron chi connectivity index (χ1n) is 5.73. The fourth-order valence-electron chi connectivity index (χ4n) is 1.65. The summed E-state index contributed by atoms with van der Waals surface area (Å²) in [6.07, 6.45) is 0. The molecule has 1 aromatic heterocycles. The standard InChI is InChI=1S/C12H14FN3O2S2/c1-6-4-9(14)5-10(11(6)13)20(17,18)16-12-15-7(2)8(3)19-12/h4-5H,14H2,1-3H3,(H,15,16). The van der Waals surface area contributed by atoms with E-state index in [1.54, 1.807) is 6.92 Å². The minimum absolute atomic E-state index is 0.178. The van der Waals surface area contributed by atoms with E-state index in [-0.39, 0.29) is 16.4 Å². The monoisotopic (exact) mass is 315 g/mol. The normalized spacial score (nSPS) is 11.6. The highest BCUT2D eigenvalue weighted by atomic mass is 32.2. The van der Waals surface area contributed by atoms with Crippen LogP contribution in [0.25, 0.3) is 0 Å². The zero-order valence-corrected chi connectivity index (χ0v) is 12.8. The Kier molecular flexibility index (Phi) is 3.70. The lowest BCUT2D eigenvalue weighted by Crippen LogP contribution is -2.15. The molecule has 0 bridgehead atoms. The summed E-state index contributed by atoms with van der Waals surface area (Å²) >= 11 is 1.20. The van der Waals surface area contributed by atoms with E-state index in [1.165, 1.54) is 24.3 Å². The molecule has 0 saturated carbocycles. The van der Waals surface area contributed by atoms with Gasteiger partial charge in [-0.05, 0) is 38.5 Å². The summed E-state index contributed by atoms with van der Waals surface area (Å²) in [4.78, 5) is 4.49. The number of nitrogens with two attached hydrogens (primary N) is 1. The molecule has 0 aliphatic heterocycles. The van der Waals surface area contributed by atoms with Crippen molar-refractivity contribution in [2.45, 2.75) is 25.7 Å². The molecular formula is C12H14FN3O2S2. The molecule has 1 aromatic carbocycles. The Morgan fingerprint density at radius 2 is 1.95 bits per heavy atom. The van der Waals surface area contributed by atoms with Gasteiger partial charge in [-0.15, -0.1) is 11.3 Å². The van der Waals surface area contributed by atoms with Gasteiger partial charge in [0.1, 0.15) is 10.7 Å². The van der Waals surface area contributed by atoms with Crippen molar-refractivity contribution < 1.29 is 12.8 Å². The third-order valence-electron chi connectivity index (χ3n) is 2.78. The molecule has 0 amide bonds. The predicted molar refractivity (Wildman–Crippen MR) is 77.9 cm³/mol. The Hall–Kier alpha value is -1.67. The number of nitrogens with zero attached hydrogens (tertiary/aromatic N) is 1. The van der Waals surface area contributed by atoms with Crippen LogP contribution in [0.15, 0.2) is 17.0 Å². The van der Waals surface area contributed by atoms with E-state index in [2.05, 4.69) is 9.71 Å². The van der Waals surface area contributed by atoms with Gasteiger partial charge in [0.2, 0.25) is 0 Å². The Morgan fingerprint density at radius 3 is 2.50 bits per heavy atom. The van der Waals surface area contributed by atoms with Crippen molar-refractivity contribution in [3.05, 3.63) is 34.1 Å². The van der Waals surface area contributed by atoms with E-state index >= 15 is 0 Å². The van der Waals surface area contributed by atoms with Crippen LogP contribution in [0, 0.1) is 26.6 Å². The molecule has 20 heavy (non-hydrogen) atoms. The van der Waals surface area contributed by atoms with Crippen molar-refractivity contribution in [3.8, 4) is 0 Å². The molecule has 0 spiro atoms. The number of hydrogen-bond acceptors (Lipinski definition) is 5. The zero-order chi connectivity index (χ0) is 15.1. The van der Waals surface area contributed by atoms with Crippen LogP contribution in [0.5, 0.6) is 0 Å². The molecule has 5 nitrogen and oxygen atoms in total. The quantitative estimate of drug-likeness (QED) is 0.853. The average Bonchev–Trinajstić information content (AvgIpc) is 2.61. The summed E-state index contributed by atoms with van der Waals surface area (Å²) in [6.45, 7) is 5.06. The van der Waals surface area contributed by atoms with Crippen molar-refractivity contribution in [2.75, 3.05) is 10.5 Å². The number of thiazole rings is 1. The summed E-state index contributed by atoms with van der Waals surface area (Å²) in [5.74, 6) is -0.809. The van der Waals surface area contributed by atoms with Gasteiger partial charge in [0.15, 0.2) is 5.13 Å². The SMILES string of the molecule is Cc1cc(N)cc(S(=O)(=O)Nc2nc(C)c(C)s2)c1F. The fraction of sp³-hybridized carbons (Fsp3) is 0.250. The van der Waals surface area contributed by atoms with Crippen LogP contribution >= 0.6 is 11.3 Å². The minimum Gasteiger partial charge on any atom is -0.399 e. The van der Waals surface area contributed by atoms with Crippen LogP contribution in [-0.2, 0) is 10.0 Å². The summed E-state index contributed by atoms with van der Waals surface area (Å²) in [7, 11) is -4.05. The molecule has 3 N–H and O–H groups in total. The number of anilines is 2. The zero-order valence-electron chi connectivity index (χ0n) is 11.2. The molecule has 1 heterocycles. The molecule has 0 aliphatic rings. The molecule has 108 valence electrons. The van der Waals surface area contributed by atoms with Crippen LogP contribution < -0.4 is 10.5 Å². The highest BCUT2D eigenvalue weighted by Gasteiger charge is 2.22. The van der Waals surface area contributed by atoms with Gasteiger partial charge in [0.25, 0.3) is 10.0 Å². The second kappa shape index (κ2) is 5.02. The first-order chi connectivity index (χ1) is 9.20. The third-order valence-corrected chi connectivity index (χ3v) is 5.24. The maximum Gasteiger partial charge on any atom is 0.266 e. The number of sulfonamides is 1. The molecule has 2 aromatic rings. The van der Waals surface area contributed by atoms with Crippen molar-refractivity contribution in [3.63, 3.8) is 0 Å². The number of benzene rings is 1. The summed E-state index contributed by atoms with van der Waals surface area (Å²) in [6, 6.07) is 2.48. The highest BCUT2D eigenvalue weighted by Crippen LogP contribution is 2.27. The van der Waals surface area contributed by atoms with E-state index in [9.17, 15) is 12.8 Å². The number of aryl methyl sites for hydroxylation is 3. The molecule has 0 fully saturated rings. The number of hydrogen-bond donors (Lipinski definition) is 2. The largest absolute Gasteiger partial charge is 0.399 e. The van der Waals surface area contributed by atoms with E-state index in [0.29, 0.717) is 0 Å². The Morgan fingerprint density at radius 1 is 1.30 bits per heavy atom. The lowest BCUT2D eigenvalue weighted by atomic mass is 10.2. The van der Waals surface area contributed by atoms with Gasteiger partial charge in [0, 0.05) is 10.6 Å². The topological polar surface area (TPSA) is 85.1 Å². The molecule has 0 radical (unpaired) electrons. The Balaban J connectivity index is 2.45. The summed E-state index contributed by atoms with van der Waals surface area (Å²) in [5, 5.41) is 0.208. The van der Waals surface area contributed by atoms with E-state index in [4.69, 9.17) is 5.73 Å². The van der Waals surface area contributed by atoms with Crippen molar-refractivity contribution in [2.24, 2.45) is 0 Å². The number of aromatic nitrogens is 1. The van der Waals surface area contributed by atoms with E-state index in [0.717, 1.165) is 16.6 Å². The van der Waals surface area contributed by atoms with E-state index in [1.807, 2.05) is 6.92 Å². The van der Waals surface area contributed by atoms with Crippen LogP contribution in [0.1, 0.15) is 16.1 Å². The minimum atomic E-state index is -4.05. The molecule has 2 rings (SSSR count). The fourth-order valence-corrected chi connectivity index (χ4v) is 3.88. The van der Waals surface area contributed by atoms with Crippen LogP contribution in [0.4, 0.5) is 15.2 Å². The summed E-state index contributed by atoms with van der Waals surface area (Å²) in [5.41, 5.74) is 6.68. The third kappa shape index (κ3) is 2.75. The second-order valence-corrected chi connectivity index (χ2v) is 7.27. The predicted octanol–water partition coefficient (Wildman–Crippen LogP) is 2.59. The number of nitrogen functional groups attached to an aromatic ring is 1. The van der Waals surface area contributed by atoms with Gasteiger partial charge in [-0.3, -0.25) is 4.72 Å². The molecular weight excluding hydrogens is 301 g/mol. The molecule has 0 aliphatic carbocycles. The summed E-state index contributed by atoms with van der Waals surface area (Å²) < 4.78 is 40.7. The average molecular weight is 315 g/mol. The van der Waals surface area contributed by atoms with Gasteiger partial charge in [-0.1, -0.05) is 0 Å². The second-order valence-electron chi connectivity index (χ2n) is 4.42. The van der Waals surface area contributed by atoms with Gasteiger partial charge < -0.3 is 5.73 Å². The lowest BCUT2D eigenvalue weighted by Gasteiger charge is -2.09. The van der Waals surface area contributed by atoms with Crippen molar-refractivity contribution in [1.82, 2.24) is 4.98 Å². The maximum atomic E-state index is 14.0. The molecule has 8 heteroatoms. The van der Waals surface area contributed by atoms with Gasteiger partial charge in [-0.2, -0.15) is 0 Å². The maximum absolute atomic E-state index is 14.0. The number of nitrogens with one attached hydrogen (secondary N) is 1. The number of halogens is 1. The van der Waals surface area contributed by atoms with Crippen molar-refractivity contribution in [1.29, 1.82) is 0 Å². The van der Waals surface area contributed by atoms with Crippen LogP contribution in [0.2, 0.25) is 0 Å². The van der Waals surface area contributed by atoms with Crippen LogP contribution in [-0.4, -0.2) is 13.4 Å². The first-order valence-corrected chi connectivity index (χ1v) is 8.03. The smallest absolute Gasteiger partial charge is 0.266 e. The highest BCUT2D eigenvalue weighted by molar-refractivity contribution is 7.93. The van der Waals surface area contributed by atoms with Crippen molar-refractivity contribution >= 4 is 32.2 Å². The number of rotatable bonds is 3. The van der Waals surface area contributed by atoms with Gasteiger partial charge >= 0.3 is 0 Å². The molecule has 0 saturated heterocycles. The first kappa shape index (κ1) is 14.7. The Labute approximate surface area is 120 Å². The van der Waals surface area contributed by atoms with Crippen LogP contribution in [0.3, 0.4) is 0 Å². The van der Waals surface area contributed by atoms with Gasteiger partial charge in [-0.25, -0.2) is 17.8 Å².